The van der Waals surface area contributed by atoms with Crippen LogP contribution in [0.25, 0.3) is 33.7 Å². The Bertz CT molecular complexity index is 897. The molecular weight excluding hydrogens is 260 g/mol. The second-order valence-electron chi connectivity index (χ2n) is 4.84. The predicted molar refractivity (Wildman–Crippen MR) is 82.7 cm³/mol. The van der Waals surface area contributed by atoms with E-state index in [1.807, 2.05) is 48.5 Å². The molecule has 4 rings (SSSR count). The first kappa shape index (κ1) is 11.9. The molecule has 0 spiro atoms. The van der Waals surface area contributed by atoms with Gasteiger partial charge in [-0.3, -0.25) is 0 Å². The lowest BCUT2D eigenvalue weighted by molar-refractivity contribution is 0.584. The van der Waals surface area contributed by atoms with Crippen molar-refractivity contribution in [3.8, 4) is 22.9 Å². The summed E-state index contributed by atoms with van der Waals surface area (Å²) in [5.74, 6) is 1.08. The van der Waals surface area contributed by atoms with Crippen molar-refractivity contribution in [3.05, 3.63) is 72.8 Å². The van der Waals surface area contributed by atoms with Gasteiger partial charge in [0, 0.05) is 11.1 Å². The molecule has 0 N–H and O–H groups in total. The predicted octanol–water partition coefficient (Wildman–Crippen LogP) is 4.56. The lowest BCUT2D eigenvalue weighted by Crippen LogP contribution is -1.79. The van der Waals surface area contributed by atoms with Gasteiger partial charge in [0.25, 0.3) is 0 Å². The molecule has 4 aromatic rings. The van der Waals surface area contributed by atoms with Crippen molar-refractivity contribution in [3.63, 3.8) is 0 Å². The van der Waals surface area contributed by atoms with Gasteiger partial charge >= 0.3 is 0 Å². The van der Waals surface area contributed by atoms with Crippen molar-refractivity contribution in [2.75, 3.05) is 0 Å². The van der Waals surface area contributed by atoms with Crippen LogP contribution in [0.15, 0.2) is 77.2 Å². The highest BCUT2D eigenvalue weighted by Gasteiger charge is 2.10. The Morgan fingerprint density at radius 2 is 1.24 bits per heavy atom. The molecule has 3 heteroatoms. The van der Waals surface area contributed by atoms with Crippen molar-refractivity contribution in [2.24, 2.45) is 0 Å². The van der Waals surface area contributed by atoms with Crippen LogP contribution in [0.1, 0.15) is 0 Å². The lowest BCUT2D eigenvalue weighted by Gasteiger charge is -1.99. The maximum Gasteiger partial charge on any atom is 0.248 e. The van der Waals surface area contributed by atoms with E-state index in [0.29, 0.717) is 11.8 Å². The standard InChI is InChI=1S/C18H12N2O/c1-2-7-14(8-3-1)17-19-20-18(21-17)16-11-10-13-6-4-5-9-15(13)12-16/h1-12H. The van der Waals surface area contributed by atoms with Gasteiger partial charge in [-0.25, -0.2) is 0 Å². The van der Waals surface area contributed by atoms with Gasteiger partial charge in [-0.05, 0) is 35.0 Å². The summed E-state index contributed by atoms with van der Waals surface area (Å²) < 4.78 is 5.78. The number of rotatable bonds is 2. The van der Waals surface area contributed by atoms with Crippen LogP contribution in [0.4, 0.5) is 0 Å². The average molecular weight is 272 g/mol. The highest BCUT2D eigenvalue weighted by molar-refractivity contribution is 5.86. The zero-order valence-corrected chi connectivity index (χ0v) is 11.2. The fraction of sp³-hybridized carbons (Fsp3) is 0. The Hall–Kier alpha value is -2.94. The second kappa shape index (κ2) is 4.87. The molecule has 0 aliphatic rings. The Morgan fingerprint density at radius 3 is 2.05 bits per heavy atom. The molecule has 0 unspecified atom stereocenters. The van der Waals surface area contributed by atoms with Crippen molar-refractivity contribution in [1.29, 1.82) is 0 Å². The molecule has 0 aliphatic heterocycles. The van der Waals surface area contributed by atoms with Gasteiger partial charge in [-0.15, -0.1) is 10.2 Å². The third-order valence-electron chi connectivity index (χ3n) is 3.44. The maximum absolute atomic E-state index is 5.78. The monoisotopic (exact) mass is 272 g/mol. The van der Waals surface area contributed by atoms with Gasteiger partial charge in [0.1, 0.15) is 0 Å². The Labute approximate surface area is 121 Å². The fourth-order valence-corrected chi connectivity index (χ4v) is 2.36. The van der Waals surface area contributed by atoms with Crippen molar-refractivity contribution in [1.82, 2.24) is 10.2 Å². The number of hydrogen-bond acceptors (Lipinski definition) is 3. The SMILES string of the molecule is c1ccc(-c2nnc(-c3ccc4ccccc4c3)o2)cc1. The molecule has 1 heterocycles. The van der Waals surface area contributed by atoms with Crippen LogP contribution in [0.3, 0.4) is 0 Å². The Balaban J connectivity index is 1.77. The summed E-state index contributed by atoms with van der Waals surface area (Å²) >= 11 is 0. The minimum atomic E-state index is 0.541. The van der Waals surface area contributed by atoms with Gasteiger partial charge in [-0.1, -0.05) is 48.5 Å². The topological polar surface area (TPSA) is 38.9 Å². The van der Waals surface area contributed by atoms with E-state index >= 15 is 0 Å². The van der Waals surface area contributed by atoms with Crippen LogP contribution in [-0.2, 0) is 0 Å². The normalized spacial score (nSPS) is 10.9. The molecule has 1 aromatic heterocycles. The van der Waals surface area contributed by atoms with E-state index < -0.39 is 0 Å². The summed E-state index contributed by atoms with van der Waals surface area (Å²) in [6.45, 7) is 0. The molecule has 0 saturated carbocycles. The van der Waals surface area contributed by atoms with E-state index in [1.54, 1.807) is 0 Å². The quantitative estimate of drug-likeness (QED) is 0.537. The van der Waals surface area contributed by atoms with Crippen molar-refractivity contribution < 1.29 is 4.42 Å². The van der Waals surface area contributed by atoms with Crippen LogP contribution in [-0.4, -0.2) is 10.2 Å². The fourth-order valence-electron chi connectivity index (χ4n) is 2.36. The zero-order valence-electron chi connectivity index (χ0n) is 11.2. The van der Waals surface area contributed by atoms with Gasteiger partial charge in [0.15, 0.2) is 0 Å². The second-order valence-corrected chi connectivity index (χ2v) is 4.84. The third kappa shape index (κ3) is 2.19. The van der Waals surface area contributed by atoms with Crippen LogP contribution >= 0.6 is 0 Å². The summed E-state index contributed by atoms with van der Waals surface area (Å²) in [5, 5.41) is 10.6. The molecule has 0 fully saturated rings. The number of hydrogen-bond donors (Lipinski definition) is 0. The number of aromatic nitrogens is 2. The molecule has 0 saturated heterocycles. The Kier molecular flexibility index (Phi) is 2.75. The van der Waals surface area contributed by atoms with Gasteiger partial charge < -0.3 is 4.42 Å². The third-order valence-corrected chi connectivity index (χ3v) is 3.44. The van der Waals surface area contributed by atoms with Crippen LogP contribution in [0.2, 0.25) is 0 Å². The first-order valence-electron chi connectivity index (χ1n) is 6.78. The molecule has 3 aromatic carbocycles. The van der Waals surface area contributed by atoms with E-state index in [-0.39, 0.29) is 0 Å². The number of benzene rings is 3. The molecule has 0 amide bonds. The van der Waals surface area contributed by atoms with Crippen molar-refractivity contribution >= 4 is 10.8 Å². The Morgan fingerprint density at radius 1 is 0.571 bits per heavy atom. The maximum atomic E-state index is 5.78. The molecule has 0 atom stereocenters. The van der Waals surface area contributed by atoms with Gasteiger partial charge in [-0.2, -0.15) is 0 Å². The highest BCUT2D eigenvalue weighted by atomic mass is 16.4. The molecule has 0 bridgehead atoms. The summed E-state index contributed by atoms with van der Waals surface area (Å²) in [7, 11) is 0. The highest BCUT2D eigenvalue weighted by Crippen LogP contribution is 2.26. The number of nitrogens with zero attached hydrogens (tertiary/aromatic N) is 2. The molecule has 0 aliphatic carbocycles. The first-order chi connectivity index (χ1) is 10.4. The molecule has 3 nitrogen and oxygen atoms in total. The summed E-state index contributed by atoms with van der Waals surface area (Å²) in [6, 6.07) is 24.1. The minimum absolute atomic E-state index is 0.541. The van der Waals surface area contributed by atoms with E-state index in [0.717, 1.165) is 16.5 Å². The largest absolute Gasteiger partial charge is 0.416 e. The van der Waals surface area contributed by atoms with Crippen LogP contribution < -0.4 is 0 Å². The lowest BCUT2D eigenvalue weighted by atomic mass is 10.1. The molecule has 100 valence electrons. The molecule has 0 radical (unpaired) electrons. The zero-order chi connectivity index (χ0) is 14.1. The van der Waals surface area contributed by atoms with Crippen LogP contribution in [0.5, 0.6) is 0 Å². The van der Waals surface area contributed by atoms with Crippen LogP contribution in [0, 0.1) is 0 Å². The summed E-state index contributed by atoms with van der Waals surface area (Å²) in [6.07, 6.45) is 0. The number of fused-ring (bicyclic) bond motifs is 1. The van der Waals surface area contributed by atoms with Crippen molar-refractivity contribution in [2.45, 2.75) is 0 Å². The van der Waals surface area contributed by atoms with E-state index in [4.69, 9.17) is 4.42 Å². The van der Waals surface area contributed by atoms with E-state index in [1.165, 1.54) is 5.39 Å². The summed E-state index contributed by atoms with van der Waals surface area (Å²) in [5.41, 5.74) is 1.86. The average Bonchev–Trinajstić information content (AvgIpc) is 3.05. The first-order valence-corrected chi connectivity index (χ1v) is 6.78. The van der Waals surface area contributed by atoms with Gasteiger partial charge in [0.05, 0.1) is 0 Å². The molecular formula is C18H12N2O. The van der Waals surface area contributed by atoms with E-state index in [2.05, 4.69) is 34.5 Å². The summed E-state index contributed by atoms with van der Waals surface area (Å²) in [4.78, 5) is 0. The van der Waals surface area contributed by atoms with E-state index in [9.17, 15) is 0 Å². The molecule has 21 heavy (non-hydrogen) atoms. The smallest absolute Gasteiger partial charge is 0.248 e. The minimum Gasteiger partial charge on any atom is -0.416 e. The van der Waals surface area contributed by atoms with Gasteiger partial charge in [0.2, 0.25) is 11.8 Å².